The first-order valence-corrected chi connectivity index (χ1v) is 20.4. The smallest absolute Gasteiger partial charge is 0.00175 e. The van der Waals surface area contributed by atoms with Crippen molar-refractivity contribution in [3.63, 3.8) is 0 Å². The lowest BCUT2D eigenvalue weighted by molar-refractivity contribution is 0.929. The van der Waals surface area contributed by atoms with Gasteiger partial charge in [0.2, 0.25) is 0 Å². The van der Waals surface area contributed by atoms with Crippen molar-refractivity contribution in [3.05, 3.63) is 181 Å². The normalized spacial score (nSPS) is 12.0. The Morgan fingerprint density at radius 2 is 0.714 bits per heavy atom. The van der Waals surface area contributed by atoms with Gasteiger partial charge >= 0.3 is 0 Å². The fourth-order valence-corrected chi connectivity index (χ4v) is 9.97. The van der Waals surface area contributed by atoms with Crippen molar-refractivity contribution < 1.29 is 0 Å². The van der Waals surface area contributed by atoms with Crippen LogP contribution >= 0.6 is 0 Å². The molecule has 0 heterocycles. The van der Waals surface area contributed by atoms with E-state index in [1.54, 1.807) is 0 Å². The minimum Gasteiger partial charge on any atom is -0.0651 e. The molecule has 0 heteroatoms. The molecule has 0 spiro atoms. The maximum atomic E-state index is 2.55. The van der Waals surface area contributed by atoms with Crippen molar-refractivity contribution >= 4 is 75.4 Å². The second-order valence-electron chi connectivity index (χ2n) is 15.7. The fourth-order valence-electron chi connectivity index (χ4n) is 9.97. The molecule has 0 aliphatic heterocycles. The Morgan fingerprint density at radius 1 is 0.304 bits per heavy atom. The van der Waals surface area contributed by atoms with E-state index >= 15 is 0 Å². The minimum absolute atomic E-state index is 1.03. The fraction of sp³-hybridized carbons (Fsp3) is 0.107. The lowest BCUT2D eigenvalue weighted by atomic mass is 9.80. The van der Waals surface area contributed by atoms with Crippen LogP contribution < -0.4 is 0 Å². The van der Waals surface area contributed by atoms with Crippen LogP contribution in [0.15, 0.2) is 170 Å². The number of hydrogen-bond acceptors (Lipinski definition) is 0. The second kappa shape index (κ2) is 13.1. The third-order valence-corrected chi connectivity index (χ3v) is 12.4. The molecular formula is C56H42. The molecule has 0 atom stereocenters. The molecule has 0 bridgehead atoms. The van der Waals surface area contributed by atoms with Crippen LogP contribution in [0.1, 0.15) is 37.8 Å². The maximum absolute atomic E-state index is 2.55. The van der Waals surface area contributed by atoms with E-state index in [-0.39, 0.29) is 0 Å². The van der Waals surface area contributed by atoms with Gasteiger partial charge in [-0.05, 0) is 157 Å². The number of hydrogen-bond donors (Lipinski definition) is 0. The van der Waals surface area contributed by atoms with Crippen LogP contribution in [0, 0.1) is 0 Å². The van der Waals surface area contributed by atoms with Crippen LogP contribution in [0.3, 0.4) is 0 Å². The number of rotatable bonds is 7. The van der Waals surface area contributed by atoms with Gasteiger partial charge < -0.3 is 0 Å². The summed E-state index contributed by atoms with van der Waals surface area (Å²) in [4.78, 5) is 0. The van der Waals surface area contributed by atoms with Crippen molar-refractivity contribution in [1.82, 2.24) is 0 Å². The highest BCUT2D eigenvalue weighted by Gasteiger charge is 2.23. The summed E-state index contributed by atoms with van der Waals surface area (Å²) in [5.74, 6) is 0. The SMILES string of the molecule is CCCc1cc(-c2ccc3ccccc3c2)c2ccc3c(CCC)cc(-c4c5ccccc5c(-c5ccc6ccccc6c5)c5ccccc45)c4ccc1c2c34. The molecule has 0 nitrogen and oxygen atoms in total. The van der Waals surface area contributed by atoms with E-state index in [4.69, 9.17) is 0 Å². The summed E-state index contributed by atoms with van der Waals surface area (Å²) in [7, 11) is 0. The van der Waals surface area contributed by atoms with Crippen LogP contribution in [0.5, 0.6) is 0 Å². The lowest BCUT2D eigenvalue weighted by Gasteiger charge is -2.23. The molecule has 11 aromatic carbocycles. The third kappa shape index (κ3) is 4.99. The van der Waals surface area contributed by atoms with Crippen molar-refractivity contribution in [2.24, 2.45) is 0 Å². The van der Waals surface area contributed by atoms with Crippen LogP contribution in [0.25, 0.3) is 109 Å². The maximum Gasteiger partial charge on any atom is -0.00175 e. The van der Waals surface area contributed by atoms with Gasteiger partial charge in [0.1, 0.15) is 0 Å². The first kappa shape index (κ1) is 32.9. The summed E-state index contributed by atoms with van der Waals surface area (Å²) in [5, 5.41) is 18.6. The molecule has 0 aromatic heterocycles. The molecule has 0 amide bonds. The molecule has 0 aliphatic carbocycles. The lowest BCUT2D eigenvalue weighted by Crippen LogP contribution is -1.98. The Hall–Kier alpha value is -6.50. The zero-order valence-corrected chi connectivity index (χ0v) is 32.0. The summed E-state index contributed by atoms with van der Waals surface area (Å²) >= 11 is 0. The highest BCUT2D eigenvalue weighted by molar-refractivity contribution is 6.31. The van der Waals surface area contributed by atoms with E-state index in [1.165, 1.54) is 120 Å². The van der Waals surface area contributed by atoms with E-state index in [0.29, 0.717) is 0 Å². The molecule has 11 rings (SSSR count). The first-order valence-electron chi connectivity index (χ1n) is 20.4. The monoisotopic (exact) mass is 714 g/mol. The van der Waals surface area contributed by atoms with Crippen LogP contribution in [-0.4, -0.2) is 0 Å². The summed E-state index contributed by atoms with van der Waals surface area (Å²) < 4.78 is 0. The Balaban J connectivity index is 1.26. The number of benzene rings is 11. The van der Waals surface area contributed by atoms with E-state index in [0.717, 1.165) is 25.7 Å². The molecular weight excluding hydrogens is 673 g/mol. The van der Waals surface area contributed by atoms with Gasteiger partial charge in [-0.15, -0.1) is 0 Å². The van der Waals surface area contributed by atoms with Crippen LogP contribution in [0.4, 0.5) is 0 Å². The van der Waals surface area contributed by atoms with Gasteiger partial charge in [0.15, 0.2) is 0 Å². The zero-order chi connectivity index (χ0) is 37.3. The molecule has 0 aliphatic rings. The summed E-state index contributed by atoms with van der Waals surface area (Å²) in [6.45, 7) is 4.63. The predicted octanol–water partition coefficient (Wildman–Crippen LogP) is 16.1. The molecule has 0 unspecified atom stereocenters. The molecule has 0 fully saturated rings. The molecule has 266 valence electrons. The zero-order valence-electron chi connectivity index (χ0n) is 32.0. The average molecular weight is 715 g/mol. The van der Waals surface area contributed by atoms with E-state index < -0.39 is 0 Å². The van der Waals surface area contributed by atoms with Gasteiger partial charge in [-0.25, -0.2) is 0 Å². The molecule has 0 N–H and O–H groups in total. The van der Waals surface area contributed by atoms with Gasteiger partial charge in [-0.1, -0.05) is 172 Å². The number of fused-ring (bicyclic) bond motifs is 4. The first-order chi connectivity index (χ1) is 27.7. The predicted molar refractivity (Wildman–Crippen MR) is 244 cm³/mol. The molecule has 0 saturated carbocycles. The standard InChI is InChI=1S/C56H42/c1-3-13-39-33-51(41-25-23-35-15-5-7-17-37(35)31-41)49-29-27-44-40(14-4-2)34-52(50-30-28-43(39)55(49)56(44)50)54-47-21-11-9-19-45(47)53(46-20-10-12-22-48(46)54)42-26-24-36-16-6-8-18-38(36)32-42/h5-12,15-34H,3-4,13-14H2,1-2H3. The molecule has 11 aromatic rings. The van der Waals surface area contributed by atoms with Crippen molar-refractivity contribution in [2.45, 2.75) is 39.5 Å². The van der Waals surface area contributed by atoms with Gasteiger partial charge in [-0.3, -0.25) is 0 Å². The molecule has 0 radical (unpaired) electrons. The largest absolute Gasteiger partial charge is 0.0651 e. The Morgan fingerprint density at radius 3 is 1.25 bits per heavy atom. The summed E-state index contributed by atoms with van der Waals surface area (Å²) in [5.41, 5.74) is 10.7. The third-order valence-electron chi connectivity index (χ3n) is 12.4. The van der Waals surface area contributed by atoms with Gasteiger partial charge in [0, 0.05) is 0 Å². The summed E-state index contributed by atoms with van der Waals surface area (Å²) in [6.07, 6.45) is 4.28. The van der Waals surface area contributed by atoms with Crippen molar-refractivity contribution in [1.29, 1.82) is 0 Å². The number of aryl methyl sites for hydroxylation is 2. The topological polar surface area (TPSA) is 0 Å². The Bertz CT molecular complexity index is 3270. The van der Waals surface area contributed by atoms with E-state index in [1.807, 2.05) is 0 Å². The molecule has 56 heavy (non-hydrogen) atoms. The van der Waals surface area contributed by atoms with E-state index in [2.05, 4.69) is 184 Å². The van der Waals surface area contributed by atoms with Crippen molar-refractivity contribution in [3.8, 4) is 33.4 Å². The van der Waals surface area contributed by atoms with Gasteiger partial charge in [-0.2, -0.15) is 0 Å². The highest BCUT2D eigenvalue weighted by atomic mass is 14.3. The second-order valence-corrected chi connectivity index (χ2v) is 15.7. The van der Waals surface area contributed by atoms with Gasteiger partial charge in [0.25, 0.3) is 0 Å². The van der Waals surface area contributed by atoms with Crippen LogP contribution in [-0.2, 0) is 12.8 Å². The summed E-state index contributed by atoms with van der Waals surface area (Å²) in [6, 6.07) is 64.5. The van der Waals surface area contributed by atoms with Gasteiger partial charge in [0.05, 0.1) is 0 Å². The minimum atomic E-state index is 1.03. The average Bonchev–Trinajstić information content (AvgIpc) is 3.25. The quantitative estimate of drug-likeness (QED) is 0.114. The van der Waals surface area contributed by atoms with Crippen molar-refractivity contribution in [2.75, 3.05) is 0 Å². The molecule has 0 saturated heterocycles. The van der Waals surface area contributed by atoms with Crippen LogP contribution in [0.2, 0.25) is 0 Å². The Labute approximate surface area is 328 Å². The Kier molecular flexibility index (Phi) is 7.68. The van der Waals surface area contributed by atoms with E-state index in [9.17, 15) is 0 Å². The highest BCUT2D eigenvalue weighted by Crippen LogP contribution is 2.50.